The Morgan fingerprint density at radius 1 is 0.750 bits per heavy atom. The molecule has 0 unspecified atom stereocenters. The topological polar surface area (TPSA) is 0 Å². The van der Waals surface area contributed by atoms with E-state index in [0.29, 0.717) is 17.0 Å². The molecule has 40 heavy (non-hydrogen) atoms. The van der Waals surface area contributed by atoms with Gasteiger partial charge in [0, 0.05) is 5.92 Å². The number of hydrogen-bond acceptors (Lipinski definition) is 0. The van der Waals surface area contributed by atoms with Crippen LogP contribution in [0.1, 0.15) is 75.3 Å². The van der Waals surface area contributed by atoms with Crippen molar-refractivity contribution in [2.75, 3.05) is 0 Å². The molecule has 1 saturated carbocycles. The van der Waals surface area contributed by atoms with Crippen LogP contribution in [-0.4, -0.2) is 6.18 Å². The van der Waals surface area contributed by atoms with Crippen molar-refractivity contribution in [2.24, 2.45) is 5.92 Å². The maximum Gasteiger partial charge on any atom is 0.458 e. The molecule has 1 fully saturated rings. The molecule has 0 atom stereocenters. The van der Waals surface area contributed by atoms with Crippen molar-refractivity contribution < 1.29 is 26.3 Å². The quantitative estimate of drug-likeness (QED) is 0.127. The van der Waals surface area contributed by atoms with E-state index in [2.05, 4.69) is 25.1 Å². The highest BCUT2D eigenvalue weighted by molar-refractivity contribution is 5.92. The summed E-state index contributed by atoms with van der Waals surface area (Å²) in [5.74, 6) is -0.0333. The Bertz CT molecular complexity index is 1600. The van der Waals surface area contributed by atoms with Gasteiger partial charge in [-0.25, -0.2) is 13.2 Å². The summed E-state index contributed by atoms with van der Waals surface area (Å²) in [5.41, 5.74) is 1.29. The molecule has 0 aliphatic heterocycles. The minimum atomic E-state index is -4.93. The monoisotopic (exact) mass is 552 g/mol. The first-order valence-electron chi connectivity index (χ1n) is 13.9. The fourth-order valence-corrected chi connectivity index (χ4v) is 5.99. The molecular weight excluding hydrogens is 522 g/mol. The van der Waals surface area contributed by atoms with E-state index in [4.69, 9.17) is 0 Å². The molecule has 0 saturated heterocycles. The highest BCUT2D eigenvalue weighted by Crippen LogP contribution is 2.39. The molecule has 5 rings (SSSR count). The number of unbranched alkanes of at least 4 members (excludes halogenated alkanes) is 2. The van der Waals surface area contributed by atoms with Crippen molar-refractivity contribution >= 4 is 21.5 Å². The Balaban J connectivity index is 1.40. The van der Waals surface area contributed by atoms with Crippen LogP contribution in [0, 0.1) is 35.2 Å². The lowest BCUT2D eigenvalue weighted by Gasteiger charge is -2.29. The van der Waals surface area contributed by atoms with Gasteiger partial charge in [-0.2, -0.15) is 13.2 Å². The Morgan fingerprint density at radius 2 is 1.45 bits per heavy atom. The highest BCUT2D eigenvalue weighted by Gasteiger charge is 2.25. The smallest absolute Gasteiger partial charge is 0.206 e. The molecule has 1 aliphatic rings. The molecule has 0 amide bonds. The zero-order chi connectivity index (χ0) is 28.4. The fourth-order valence-electron chi connectivity index (χ4n) is 5.99. The highest BCUT2D eigenvalue weighted by atomic mass is 19.4. The lowest BCUT2D eigenvalue weighted by atomic mass is 9.76. The molecule has 0 bridgehead atoms. The fraction of sp³-hybridized carbons (Fsp3) is 0.353. The number of halogens is 6. The van der Waals surface area contributed by atoms with Gasteiger partial charge in [-0.05, 0) is 94.6 Å². The molecule has 0 radical (unpaired) electrons. The van der Waals surface area contributed by atoms with Crippen molar-refractivity contribution in [1.82, 2.24) is 0 Å². The second kappa shape index (κ2) is 11.6. The second-order valence-corrected chi connectivity index (χ2v) is 10.9. The minimum Gasteiger partial charge on any atom is -0.206 e. The van der Waals surface area contributed by atoms with Crippen LogP contribution in [0.25, 0.3) is 32.7 Å². The maximum absolute atomic E-state index is 15.0. The number of rotatable bonds is 6. The number of alkyl halides is 3. The molecule has 208 valence electrons. The van der Waals surface area contributed by atoms with Crippen LogP contribution in [0.5, 0.6) is 0 Å². The van der Waals surface area contributed by atoms with Gasteiger partial charge in [-0.3, -0.25) is 0 Å². The van der Waals surface area contributed by atoms with Gasteiger partial charge in [0.25, 0.3) is 0 Å². The average molecular weight is 553 g/mol. The van der Waals surface area contributed by atoms with E-state index < -0.39 is 34.6 Å². The number of benzene rings is 4. The van der Waals surface area contributed by atoms with Gasteiger partial charge < -0.3 is 0 Å². The standard InChI is InChI=1S/C34H30F6/c1-2-3-4-5-21-6-8-22(9-7-21)23-10-11-25-17-26(13-12-24(25)16-23)27-18-28-20-30(35)29(14-15-34(38,39)40)33(37)32(28)31(36)19-27/h10-13,16-22H,2-9H2,1H3. The molecule has 1 aliphatic carbocycles. The first-order chi connectivity index (χ1) is 19.1. The zero-order valence-electron chi connectivity index (χ0n) is 22.3. The minimum absolute atomic E-state index is 0.0942. The summed E-state index contributed by atoms with van der Waals surface area (Å²) in [5, 5.41) is 1.34. The van der Waals surface area contributed by atoms with Crippen molar-refractivity contribution in [3.8, 4) is 23.0 Å². The van der Waals surface area contributed by atoms with Crippen LogP contribution in [0.2, 0.25) is 0 Å². The van der Waals surface area contributed by atoms with Crippen molar-refractivity contribution in [3.05, 3.63) is 83.2 Å². The Morgan fingerprint density at radius 3 is 2.17 bits per heavy atom. The lowest BCUT2D eigenvalue weighted by molar-refractivity contribution is -0.0696. The summed E-state index contributed by atoms with van der Waals surface area (Å²) in [6.07, 6.45) is 5.25. The van der Waals surface area contributed by atoms with Crippen molar-refractivity contribution in [2.45, 2.75) is 70.4 Å². The Hall–Kier alpha value is -3.46. The number of fused-ring (bicyclic) bond motifs is 2. The van der Waals surface area contributed by atoms with E-state index in [1.807, 2.05) is 18.2 Å². The van der Waals surface area contributed by atoms with Gasteiger partial charge in [0.05, 0.1) is 10.9 Å². The first kappa shape index (κ1) is 28.1. The summed E-state index contributed by atoms with van der Waals surface area (Å²) in [4.78, 5) is 0. The van der Waals surface area contributed by atoms with Gasteiger partial charge in [0.15, 0.2) is 5.82 Å². The molecule has 0 aromatic heterocycles. The second-order valence-electron chi connectivity index (χ2n) is 10.9. The third-order valence-corrected chi connectivity index (χ3v) is 8.14. The predicted octanol–water partition coefficient (Wildman–Crippen LogP) is 10.8. The Kier molecular flexibility index (Phi) is 8.12. The summed E-state index contributed by atoms with van der Waals surface area (Å²) in [7, 11) is 0. The largest absolute Gasteiger partial charge is 0.458 e. The van der Waals surface area contributed by atoms with Crippen LogP contribution in [0.4, 0.5) is 26.3 Å². The molecular formula is C34H30F6. The predicted molar refractivity (Wildman–Crippen MR) is 149 cm³/mol. The lowest BCUT2D eigenvalue weighted by Crippen LogP contribution is -2.13. The summed E-state index contributed by atoms with van der Waals surface area (Å²) < 4.78 is 81.7. The molecule has 6 heteroatoms. The molecule has 0 N–H and O–H groups in total. The van der Waals surface area contributed by atoms with E-state index >= 15 is 4.39 Å². The normalized spacial score (nSPS) is 17.7. The zero-order valence-corrected chi connectivity index (χ0v) is 22.3. The van der Waals surface area contributed by atoms with Gasteiger partial charge in [-0.15, -0.1) is 0 Å². The van der Waals surface area contributed by atoms with Crippen LogP contribution in [-0.2, 0) is 0 Å². The molecule has 4 aromatic rings. The maximum atomic E-state index is 15.0. The van der Waals surface area contributed by atoms with E-state index in [0.717, 1.165) is 34.7 Å². The van der Waals surface area contributed by atoms with Crippen molar-refractivity contribution in [1.29, 1.82) is 0 Å². The van der Waals surface area contributed by atoms with Crippen LogP contribution in [0.3, 0.4) is 0 Å². The summed E-state index contributed by atoms with van der Waals surface area (Å²) in [6.45, 7) is 2.24. The van der Waals surface area contributed by atoms with Crippen molar-refractivity contribution in [3.63, 3.8) is 0 Å². The average Bonchev–Trinajstić information content (AvgIpc) is 2.92. The molecule has 0 spiro atoms. The Labute approximate surface area is 230 Å². The van der Waals surface area contributed by atoms with E-state index in [-0.39, 0.29) is 5.39 Å². The first-order valence-corrected chi connectivity index (χ1v) is 13.9. The van der Waals surface area contributed by atoms with Gasteiger partial charge in [-0.1, -0.05) is 68.9 Å². The van der Waals surface area contributed by atoms with E-state index in [9.17, 15) is 22.0 Å². The van der Waals surface area contributed by atoms with E-state index in [1.165, 1.54) is 68.9 Å². The third-order valence-electron chi connectivity index (χ3n) is 8.14. The third kappa shape index (κ3) is 6.14. The molecule has 4 aromatic carbocycles. The van der Waals surface area contributed by atoms with Crippen LogP contribution < -0.4 is 0 Å². The van der Waals surface area contributed by atoms with Gasteiger partial charge >= 0.3 is 6.18 Å². The van der Waals surface area contributed by atoms with Crippen LogP contribution in [0.15, 0.2) is 54.6 Å². The molecule has 0 nitrogen and oxygen atoms in total. The van der Waals surface area contributed by atoms with E-state index in [1.54, 1.807) is 0 Å². The molecule has 0 heterocycles. The summed E-state index contributed by atoms with van der Waals surface area (Å²) >= 11 is 0. The summed E-state index contributed by atoms with van der Waals surface area (Å²) in [6, 6.07) is 15.5. The van der Waals surface area contributed by atoms with Gasteiger partial charge in [0.2, 0.25) is 0 Å². The van der Waals surface area contributed by atoms with Gasteiger partial charge in [0.1, 0.15) is 11.6 Å². The SMILES string of the molecule is CCCCCC1CCC(c2ccc3cc(-c4cc(F)c5c(F)c(C#CC(F)(F)F)c(F)cc5c4)ccc3c2)CC1. The van der Waals surface area contributed by atoms with Crippen LogP contribution >= 0.6 is 0 Å². The number of hydrogen-bond donors (Lipinski definition) is 0.